The van der Waals surface area contributed by atoms with Crippen LogP contribution in [0.4, 0.5) is 28.9 Å². The van der Waals surface area contributed by atoms with Crippen molar-refractivity contribution >= 4 is 146 Å². The van der Waals surface area contributed by atoms with Gasteiger partial charge in [-0.05, 0) is 233 Å². The summed E-state index contributed by atoms with van der Waals surface area (Å²) in [6, 6.07) is 18.0. The fourth-order valence-electron chi connectivity index (χ4n) is 17.3. The number of carbonyl (C=O) groups is 3. The Balaban J connectivity index is 0.000000166. The van der Waals surface area contributed by atoms with Crippen LogP contribution < -0.4 is 8.43 Å². The van der Waals surface area contributed by atoms with Gasteiger partial charge in [0.05, 0.1) is 34.1 Å². The van der Waals surface area contributed by atoms with Crippen LogP contribution in [0.25, 0.3) is 44.1 Å². The molecule has 8 heterocycles. The Bertz CT molecular complexity index is 5430. The molecular formula is C85H112BrClF4N10O10S3Si2. The van der Waals surface area contributed by atoms with E-state index in [0.29, 0.717) is 74.5 Å². The molecule has 4 saturated carbocycles. The van der Waals surface area contributed by atoms with E-state index in [4.69, 9.17) is 21.6 Å². The Morgan fingerprint density at radius 1 is 0.595 bits per heavy atom. The molecule has 0 aliphatic heterocycles. The fraction of sp³-hybridized carbons (Fsp3) is 0.494. The van der Waals surface area contributed by atoms with Crippen molar-refractivity contribution in [2.75, 3.05) is 25.7 Å². The second-order valence-corrected chi connectivity index (χ2v) is 51.4. The van der Waals surface area contributed by atoms with Crippen LogP contribution in [0.2, 0.25) is 33.2 Å². The molecule has 4 aliphatic rings. The molecular weight excluding hydrogens is 1660 g/mol. The molecule has 14 rings (SSSR count). The summed E-state index contributed by atoms with van der Waals surface area (Å²) < 4.78 is 139. The van der Waals surface area contributed by atoms with E-state index in [2.05, 4.69) is 181 Å². The molecule has 2 aromatic carbocycles. The van der Waals surface area contributed by atoms with Gasteiger partial charge in [0.15, 0.2) is 28.1 Å². The lowest BCUT2D eigenvalue weighted by Crippen LogP contribution is -2.51. The molecule has 4 N–H and O–H groups in total. The summed E-state index contributed by atoms with van der Waals surface area (Å²) >= 11 is 8.62. The van der Waals surface area contributed by atoms with E-state index < -0.39 is 120 Å². The molecule has 116 heavy (non-hydrogen) atoms. The number of Topliss-reactive ketones (excluding diaryl/α,β-unsaturated/α-hetero) is 1. The van der Waals surface area contributed by atoms with E-state index >= 15 is 4.39 Å². The van der Waals surface area contributed by atoms with Gasteiger partial charge in [-0.1, -0.05) is 117 Å². The van der Waals surface area contributed by atoms with Crippen LogP contribution in [0.1, 0.15) is 255 Å². The largest absolute Gasteiger partial charge is 0.385 e. The number of hydrogen-bond acceptors (Lipinski definition) is 14. The van der Waals surface area contributed by atoms with Gasteiger partial charge in [-0.25, -0.2) is 62.8 Å². The number of fused-ring (bicyclic) bond motifs is 4. The van der Waals surface area contributed by atoms with E-state index in [1.807, 2.05) is 30.9 Å². The number of sulfonamides is 3. The number of aliphatic hydroxyl groups is 1. The predicted octanol–water partition coefficient (Wildman–Crippen LogP) is 21.9. The second kappa shape index (κ2) is 38.7. The molecule has 0 atom stereocenters. The first-order valence-electron chi connectivity index (χ1n) is 40.4. The Morgan fingerprint density at radius 2 is 1.08 bits per heavy atom. The number of pyridine rings is 4. The molecule has 0 saturated heterocycles. The molecule has 0 spiro atoms. The topological polar surface area (TPSA) is 282 Å². The highest BCUT2D eigenvalue weighted by Crippen LogP contribution is 2.48. The van der Waals surface area contributed by atoms with Gasteiger partial charge in [0.2, 0.25) is 35.9 Å². The first-order valence-corrected chi connectivity index (χ1v) is 50.8. The van der Waals surface area contributed by atoms with E-state index in [1.54, 1.807) is 13.1 Å². The van der Waals surface area contributed by atoms with Crippen molar-refractivity contribution in [3.8, 4) is 0 Å². The number of halogens is 6. The highest BCUT2D eigenvalue weighted by Gasteiger charge is 2.48. The van der Waals surface area contributed by atoms with E-state index in [-0.39, 0.29) is 27.9 Å². The van der Waals surface area contributed by atoms with Crippen LogP contribution in [0.5, 0.6) is 0 Å². The number of nitrogens with one attached hydrogen (secondary N) is 3. The zero-order chi connectivity index (χ0) is 85.3. The zero-order valence-electron chi connectivity index (χ0n) is 69.1. The van der Waals surface area contributed by atoms with E-state index in [1.165, 1.54) is 61.0 Å². The fourth-order valence-corrected chi connectivity index (χ4v) is 36.1. The molecule has 20 nitrogen and oxygen atoms in total. The second-order valence-electron chi connectivity index (χ2n) is 32.8. The van der Waals surface area contributed by atoms with Gasteiger partial charge in [0.1, 0.15) is 51.3 Å². The summed E-state index contributed by atoms with van der Waals surface area (Å²) in [6.07, 6.45) is 28.9. The number of rotatable bonds is 25. The number of H-pyrrole nitrogens is 2. The molecule has 8 aromatic heterocycles. The molecule has 10 aromatic rings. The molecule has 630 valence electrons. The monoisotopic (exact) mass is 1770 g/mol. The van der Waals surface area contributed by atoms with Gasteiger partial charge in [0, 0.05) is 87.2 Å². The van der Waals surface area contributed by atoms with Crippen LogP contribution in [-0.2, 0) is 40.5 Å². The van der Waals surface area contributed by atoms with Crippen molar-refractivity contribution in [3.63, 3.8) is 0 Å². The smallest absolute Gasteiger partial charge is 0.258 e. The standard InChI is InChI=1S/C21H21F2N3O3S.C20H32N2OSi.C16H25BrN2Si.C13H16ClF2NO5S2.C11H12N2.C4H6O/c1-2-8-30(28,29)26-17-7-6-16(22)18(19(17)23)20(27)15-11-25-21-14(15)9-13(10-24-21)12-4-3-5-12;1-14(2)24(15(3)4,16(5)6)22-11-8-17-12-18(13-21-19(17)22)20(23)9-7-10-20;1-11(2)20(12(3)4,13(5)6)19-8-7-14-9-15(17)10-18-16(14)19;1-3-7-23(19,20)17(24(21,22)8-4-2)10-6-5-9(15)11(12(10)16)13(14)18;1-2-8(3-1)10-6-9-4-5-12-11(9)13-7-10;5-4-2-1-3-4/h6-7,9-12,26H,2-5,8H2,1H3,(H,24,25);8,11-16,23H,7,9-10H2,1-6H3;7-13H,1-6H3;5-6H,3-4,7-8H2,1-2H3;4-8H,1-3H2,(H,12,13);1-3H2. The summed E-state index contributed by atoms with van der Waals surface area (Å²) in [7, 11) is -16.2. The molecule has 31 heteroatoms. The van der Waals surface area contributed by atoms with E-state index in [9.17, 15) is 57.9 Å². The summed E-state index contributed by atoms with van der Waals surface area (Å²) in [5.74, 6) is -5.91. The lowest BCUT2D eigenvalue weighted by molar-refractivity contribution is -0.123. The minimum Gasteiger partial charge on any atom is -0.385 e. The third-order valence-corrected chi connectivity index (χ3v) is 43.6. The van der Waals surface area contributed by atoms with Gasteiger partial charge in [0.25, 0.3) is 5.24 Å². The van der Waals surface area contributed by atoms with Gasteiger partial charge < -0.3 is 23.5 Å². The molecule has 4 fully saturated rings. The number of aromatic nitrogens is 8. The SMILES string of the molecule is CC(C)[Si](C(C)C)(C(C)C)n1ccc2cc(Br)cnc21.CC(C)[Si](C(C)C)(C(C)C)n1ccc2cc(C3(O)CCC3)cnc21.CCCS(=O)(=O)N(c1ccc(F)c(C(=O)Cl)c1F)S(=O)(=O)CCC.CCCS(=O)(=O)Nc1ccc(F)c(C(=O)c2c[nH]c3ncc(C4CCC4)cc23)c1F.O=C1CCC1.c1cc2cc(C3CCC3)cnc2[nH]1. The highest BCUT2D eigenvalue weighted by atomic mass is 79.9. The summed E-state index contributed by atoms with van der Waals surface area (Å²) in [6.45, 7) is 33.2. The number of carbonyl (C=O) groups excluding carboxylic acids is 3. The Hall–Kier alpha value is -7.46. The zero-order valence-corrected chi connectivity index (χ0v) is 75.9. The Labute approximate surface area is 696 Å². The Kier molecular flexibility index (Phi) is 30.9. The molecule has 4 aliphatic carbocycles. The number of anilines is 2. The van der Waals surface area contributed by atoms with Crippen LogP contribution in [0.3, 0.4) is 0 Å². The number of benzene rings is 2. The maximum Gasteiger partial charge on any atom is 0.258 e. The van der Waals surface area contributed by atoms with Crippen LogP contribution in [0.15, 0.2) is 121 Å². The van der Waals surface area contributed by atoms with Gasteiger partial charge in [-0.3, -0.25) is 19.1 Å². The summed E-state index contributed by atoms with van der Waals surface area (Å²) in [5.41, 5.74) is 7.11. The maximum absolute atomic E-state index is 15.0. The highest BCUT2D eigenvalue weighted by molar-refractivity contribution is 9.10. The quantitative estimate of drug-likeness (QED) is 0.0179. The predicted molar refractivity (Wildman–Crippen MR) is 467 cm³/mol. The molecule has 0 unspecified atom stereocenters. The average Bonchev–Trinajstić information content (AvgIpc) is 1.55. The normalized spacial score (nSPS) is 15.2. The third kappa shape index (κ3) is 19.8. The summed E-state index contributed by atoms with van der Waals surface area (Å²) in [5, 5.41) is 13.3. The average molecular weight is 1780 g/mol. The first-order chi connectivity index (χ1) is 54.7. The maximum atomic E-state index is 15.0. The number of nitrogens with zero attached hydrogens (tertiary/aromatic N) is 7. The molecule has 0 radical (unpaired) electrons. The molecule has 0 bridgehead atoms. The minimum absolute atomic E-state index is 0.0740. The number of ketones is 2. The molecule has 0 amide bonds. The van der Waals surface area contributed by atoms with Crippen LogP contribution in [-0.4, -0.2) is 119 Å². The minimum atomic E-state index is -4.45. The number of aromatic amines is 2. The third-order valence-electron chi connectivity index (χ3n) is 23.4. The van der Waals surface area contributed by atoms with Crippen LogP contribution >= 0.6 is 27.5 Å². The van der Waals surface area contributed by atoms with Crippen LogP contribution in [0, 0.1) is 23.3 Å². The lowest BCUT2D eigenvalue weighted by Gasteiger charge is -2.44. The van der Waals surface area contributed by atoms with Gasteiger partial charge >= 0.3 is 0 Å². The van der Waals surface area contributed by atoms with Crippen molar-refractivity contribution in [1.29, 1.82) is 0 Å². The van der Waals surface area contributed by atoms with E-state index in [0.717, 1.165) is 108 Å². The lowest BCUT2D eigenvalue weighted by atomic mass is 9.75. The van der Waals surface area contributed by atoms with Crippen molar-refractivity contribution < 1.29 is 62.3 Å². The number of hydrogen-bond donors (Lipinski definition) is 4. The van der Waals surface area contributed by atoms with Gasteiger partial charge in [-0.15, -0.1) is 0 Å². The first kappa shape index (κ1) is 92.4. The van der Waals surface area contributed by atoms with Crippen molar-refractivity contribution in [1.82, 2.24) is 38.4 Å². The van der Waals surface area contributed by atoms with Crippen molar-refractivity contribution in [3.05, 3.63) is 177 Å². The Morgan fingerprint density at radius 3 is 1.53 bits per heavy atom. The van der Waals surface area contributed by atoms with Crippen molar-refractivity contribution in [2.24, 2.45) is 0 Å². The van der Waals surface area contributed by atoms with Crippen molar-refractivity contribution in [2.45, 2.75) is 251 Å². The van der Waals surface area contributed by atoms with Gasteiger partial charge in [-0.2, -0.15) is 3.71 Å². The summed E-state index contributed by atoms with van der Waals surface area (Å²) in [4.78, 5) is 58.4.